The first-order valence-electron chi connectivity index (χ1n) is 4.31. The summed E-state index contributed by atoms with van der Waals surface area (Å²) in [6, 6.07) is 2.44. The Balaban J connectivity index is 3.19. The van der Waals surface area contributed by atoms with Crippen molar-refractivity contribution in [3.8, 4) is 11.5 Å². The van der Waals surface area contributed by atoms with E-state index in [4.69, 9.17) is 9.47 Å². The standard InChI is InChI=1S/C10H10FNO4/c1-15-9-6-8(11)10(16-2)5-7(9)3-4-12(13)14/h3-6H,1-2H3/b4-3+. The minimum Gasteiger partial charge on any atom is -0.496 e. The number of ether oxygens (including phenoxy) is 2. The van der Waals surface area contributed by atoms with E-state index in [0.717, 1.165) is 12.3 Å². The van der Waals surface area contributed by atoms with Crippen molar-refractivity contribution in [3.05, 3.63) is 39.8 Å². The molecule has 0 aliphatic heterocycles. The van der Waals surface area contributed by atoms with Crippen molar-refractivity contribution < 1.29 is 18.8 Å². The molecular formula is C10H10FNO4. The van der Waals surface area contributed by atoms with Gasteiger partial charge in [-0.3, -0.25) is 10.1 Å². The zero-order valence-corrected chi connectivity index (χ0v) is 8.77. The third-order valence-electron chi connectivity index (χ3n) is 1.88. The smallest absolute Gasteiger partial charge is 0.235 e. The van der Waals surface area contributed by atoms with Gasteiger partial charge in [0.25, 0.3) is 0 Å². The number of nitrogens with zero attached hydrogens (tertiary/aromatic N) is 1. The Hall–Kier alpha value is -2.11. The molecule has 0 saturated heterocycles. The molecule has 0 atom stereocenters. The Bertz CT molecular complexity index is 431. The van der Waals surface area contributed by atoms with Gasteiger partial charge >= 0.3 is 0 Å². The van der Waals surface area contributed by atoms with Crippen LogP contribution in [0.4, 0.5) is 4.39 Å². The Morgan fingerprint density at radius 3 is 2.44 bits per heavy atom. The maximum absolute atomic E-state index is 13.3. The molecule has 86 valence electrons. The Kier molecular flexibility index (Phi) is 3.82. The summed E-state index contributed by atoms with van der Waals surface area (Å²) in [7, 11) is 2.66. The second-order valence-electron chi connectivity index (χ2n) is 2.83. The fourth-order valence-corrected chi connectivity index (χ4v) is 1.16. The molecule has 5 nitrogen and oxygen atoms in total. The predicted octanol–water partition coefficient (Wildman–Crippen LogP) is 2.09. The summed E-state index contributed by atoms with van der Waals surface area (Å²) in [6.45, 7) is 0. The molecule has 0 aliphatic rings. The summed E-state index contributed by atoms with van der Waals surface area (Å²) in [5.41, 5.74) is 0.373. The summed E-state index contributed by atoms with van der Waals surface area (Å²) >= 11 is 0. The molecule has 0 amide bonds. The van der Waals surface area contributed by atoms with Gasteiger partial charge in [-0.25, -0.2) is 4.39 Å². The Morgan fingerprint density at radius 1 is 1.31 bits per heavy atom. The molecule has 0 unspecified atom stereocenters. The van der Waals surface area contributed by atoms with Crippen LogP contribution in [0.2, 0.25) is 0 Å². The third-order valence-corrected chi connectivity index (χ3v) is 1.88. The van der Waals surface area contributed by atoms with Crippen LogP contribution < -0.4 is 9.47 Å². The molecule has 1 aromatic rings. The van der Waals surface area contributed by atoms with E-state index in [1.54, 1.807) is 0 Å². The van der Waals surface area contributed by atoms with E-state index in [-0.39, 0.29) is 11.5 Å². The zero-order valence-electron chi connectivity index (χ0n) is 8.77. The SMILES string of the molecule is COc1cc(/C=C/[N+](=O)[O-])c(OC)cc1F. The van der Waals surface area contributed by atoms with E-state index < -0.39 is 10.7 Å². The summed E-state index contributed by atoms with van der Waals surface area (Å²) in [5.74, 6) is -0.377. The lowest BCUT2D eigenvalue weighted by molar-refractivity contribution is -0.400. The van der Waals surface area contributed by atoms with E-state index in [9.17, 15) is 14.5 Å². The summed E-state index contributed by atoms with van der Waals surface area (Å²) in [6.07, 6.45) is 1.95. The minimum absolute atomic E-state index is 0.00352. The molecule has 0 fully saturated rings. The van der Waals surface area contributed by atoms with Crippen LogP contribution in [0, 0.1) is 15.9 Å². The normalized spacial score (nSPS) is 10.4. The van der Waals surface area contributed by atoms with Gasteiger partial charge < -0.3 is 9.47 Å². The lowest BCUT2D eigenvalue weighted by atomic mass is 10.2. The molecule has 0 heterocycles. The van der Waals surface area contributed by atoms with Crippen molar-refractivity contribution in [2.24, 2.45) is 0 Å². The average molecular weight is 227 g/mol. The number of nitro groups is 1. The fraction of sp³-hybridized carbons (Fsp3) is 0.200. The molecule has 0 aliphatic carbocycles. The van der Waals surface area contributed by atoms with Crippen molar-refractivity contribution in [1.29, 1.82) is 0 Å². The van der Waals surface area contributed by atoms with Crippen LogP contribution in [0.1, 0.15) is 5.56 Å². The van der Waals surface area contributed by atoms with Crippen LogP contribution in [-0.2, 0) is 0 Å². The largest absolute Gasteiger partial charge is 0.496 e. The van der Waals surface area contributed by atoms with Crippen LogP contribution in [0.3, 0.4) is 0 Å². The van der Waals surface area contributed by atoms with E-state index in [1.807, 2.05) is 0 Å². The van der Waals surface area contributed by atoms with E-state index >= 15 is 0 Å². The fourth-order valence-electron chi connectivity index (χ4n) is 1.16. The first-order valence-corrected chi connectivity index (χ1v) is 4.31. The molecule has 16 heavy (non-hydrogen) atoms. The minimum atomic E-state index is -0.616. The second kappa shape index (κ2) is 5.11. The lowest BCUT2D eigenvalue weighted by Gasteiger charge is -2.07. The van der Waals surface area contributed by atoms with Crippen molar-refractivity contribution in [3.63, 3.8) is 0 Å². The zero-order chi connectivity index (χ0) is 12.1. The quantitative estimate of drug-likeness (QED) is 0.583. The number of methoxy groups -OCH3 is 2. The number of halogens is 1. The molecular weight excluding hydrogens is 217 g/mol. The first-order chi connectivity index (χ1) is 7.58. The highest BCUT2D eigenvalue weighted by molar-refractivity contribution is 5.59. The molecule has 0 aromatic heterocycles. The van der Waals surface area contributed by atoms with Crippen molar-refractivity contribution >= 4 is 6.08 Å². The van der Waals surface area contributed by atoms with E-state index in [1.165, 1.54) is 26.4 Å². The molecule has 0 N–H and O–H groups in total. The molecule has 0 spiro atoms. The lowest BCUT2D eigenvalue weighted by Crippen LogP contribution is -1.94. The topological polar surface area (TPSA) is 61.6 Å². The van der Waals surface area contributed by atoms with Crippen LogP contribution in [-0.4, -0.2) is 19.1 Å². The van der Waals surface area contributed by atoms with Gasteiger partial charge in [-0.15, -0.1) is 0 Å². The highest BCUT2D eigenvalue weighted by Crippen LogP contribution is 2.28. The van der Waals surface area contributed by atoms with Gasteiger partial charge in [0.2, 0.25) is 6.20 Å². The average Bonchev–Trinajstić information content (AvgIpc) is 2.26. The van der Waals surface area contributed by atoms with Crippen LogP contribution >= 0.6 is 0 Å². The van der Waals surface area contributed by atoms with Crippen LogP contribution in [0.15, 0.2) is 18.3 Å². The maximum Gasteiger partial charge on any atom is 0.235 e. The van der Waals surface area contributed by atoms with Crippen molar-refractivity contribution in [2.45, 2.75) is 0 Å². The van der Waals surface area contributed by atoms with E-state index in [0.29, 0.717) is 5.56 Å². The molecule has 1 rings (SSSR count). The first kappa shape index (κ1) is 12.0. The third kappa shape index (κ3) is 2.69. The van der Waals surface area contributed by atoms with Crippen LogP contribution in [0.25, 0.3) is 6.08 Å². The molecule has 0 radical (unpaired) electrons. The summed E-state index contributed by atoms with van der Waals surface area (Å²) in [4.78, 5) is 9.55. The van der Waals surface area contributed by atoms with Gasteiger partial charge in [0.05, 0.1) is 19.1 Å². The van der Waals surface area contributed by atoms with E-state index in [2.05, 4.69) is 0 Å². The van der Waals surface area contributed by atoms with Crippen LogP contribution in [0.5, 0.6) is 11.5 Å². The van der Waals surface area contributed by atoms with Gasteiger partial charge in [0.15, 0.2) is 11.6 Å². The van der Waals surface area contributed by atoms with Gasteiger partial charge in [-0.05, 0) is 6.07 Å². The number of benzene rings is 1. The molecule has 1 aromatic carbocycles. The highest BCUT2D eigenvalue weighted by atomic mass is 19.1. The van der Waals surface area contributed by atoms with Gasteiger partial charge in [-0.1, -0.05) is 0 Å². The maximum atomic E-state index is 13.3. The summed E-state index contributed by atoms with van der Waals surface area (Å²) < 4.78 is 22.9. The number of rotatable bonds is 4. The van der Waals surface area contributed by atoms with Gasteiger partial charge in [0, 0.05) is 17.7 Å². The van der Waals surface area contributed by atoms with Crippen molar-refractivity contribution in [2.75, 3.05) is 14.2 Å². The predicted molar refractivity (Wildman–Crippen MR) is 55.5 cm³/mol. The van der Waals surface area contributed by atoms with Gasteiger partial charge in [-0.2, -0.15) is 0 Å². The van der Waals surface area contributed by atoms with Gasteiger partial charge in [0.1, 0.15) is 5.75 Å². The Morgan fingerprint density at radius 2 is 1.94 bits per heavy atom. The molecule has 0 saturated carbocycles. The number of hydrogen-bond donors (Lipinski definition) is 0. The number of hydrogen-bond acceptors (Lipinski definition) is 4. The summed E-state index contributed by atoms with van der Waals surface area (Å²) in [5, 5.41) is 10.2. The molecule has 0 bridgehead atoms. The second-order valence-corrected chi connectivity index (χ2v) is 2.83. The monoisotopic (exact) mass is 227 g/mol. The highest BCUT2D eigenvalue weighted by Gasteiger charge is 2.09. The molecule has 6 heteroatoms. The van der Waals surface area contributed by atoms with Crippen molar-refractivity contribution in [1.82, 2.24) is 0 Å². The Labute approximate surface area is 91.2 Å².